The minimum absolute atomic E-state index is 0.349. The highest BCUT2D eigenvalue weighted by Crippen LogP contribution is 2.33. The van der Waals surface area contributed by atoms with Gasteiger partial charge in [-0.25, -0.2) is 0 Å². The Morgan fingerprint density at radius 2 is 2.36 bits per heavy atom. The van der Waals surface area contributed by atoms with Crippen molar-refractivity contribution in [2.45, 2.75) is 13.3 Å². The largest absolute Gasteiger partial charge is 0.425 e. The molecule has 1 N–H and O–H groups in total. The van der Waals surface area contributed by atoms with Crippen molar-refractivity contribution >= 4 is 23.3 Å². The van der Waals surface area contributed by atoms with Gasteiger partial charge < -0.3 is 10.1 Å². The van der Waals surface area contributed by atoms with Crippen LogP contribution in [0.5, 0.6) is 5.75 Å². The van der Waals surface area contributed by atoms with Crippen LogP contribution >= 0.6 is 11.6 Å². The third-order valence-corrected chi connectivity index (χ3v) is 2.42. The SMILES string of the molecule is CC(=O)Oc1cc2c(cc1Cl)NCC2. The van der Waals surface area contributed by atoms with Crippen molar-refractivity contribution in [2.75, 3.05) is 11.9 Å². The number of carbonyl (C=O) groups is 1. The second-order valence-electron chi connectivity index (χ2n) is 3.21. The maximum atomic E-state index is 10.8. The van der Waals surface area contributed by atoms with Gasteiger partial charge in [-0.1, -0.05) is 11.6 Å². The summed E-state index contributed by atoms with van der Waals surface area (Å²) in [4.78, 5) is 10.8. The summed E-state index contributed by atoms with van der Waals surface area (Å²) in [7, 11) is 0. The van der Waals surface area contributed by atoms with E-state index in [1.807, 2.05) is 6.07 Å². The first-order chi connectivity index (χ1) is 6.66. The molecule has 0 atom stereocenters. The molecule has 0 unspecified atom stereocenters. The van der Waals surface area contributed by atoms with Gasteiger partial charge in [-0.15, -0.1) is 0 Å². The van der Waals surface area contributed by atoms with Gasteiger partial charge in [-0.05, 0) is 24.1 Å². The van der Waals surface area contributed by atoms with Crippen LogP contribution in [-0.4, -0.2) is 12.5 Å². The molecule has 0 aromatic heterocycles. The van der Waals surface area contributed by atoms with E-state index in [1.165, 1.54) is 6.92 Å². The van der Waals surface area contributed by atoms with Crippen LogP contribution in [0.1, 0.15) is 12.5 Å². The fraction of sp³-hybridized carbons (Fsp3) is 0.300. The monoisotopic (exact) mass is 211 g/mol. The number of ether oxygens (including phenoxy) is 1. The Kier molecular flexibility index (Phi) is 2.33. The van der Waals surface area contributed by atoms with Gasteiger partial charge in [0.2, 0.25) is 0 Å². The summed E-state index contributed by atoms with van der Waals surface area (Å²) in [6.07, 6.45) is 0.945. The number of esters is 1. The summed E-state index contributed by atoms with van der Waals surface area (Å²) in [5.74, 6) is 0.0967. The van der Waals surface area contributed by atoms with E-state index in [1.54, 1.807) is 6.07 Å². The van der Waals surface area contributed by atoms with Crippen molar-refractivity contribution in [3.63, 3.8) is 0 Å². The topological polar surface area (TPSA) is 38.3 Å². The molecule has 1 aliphatic heterocycles. The molecule has 0 radical (unpaired) electrons. The Balaban J connectivity index is 2.37. The van der Waals surface area contributed by atoms with Crippen molar-refractivity contribution < 1.29 is 9.53 Å². The van der Waals surface area contributed by atoms with Crippen molar-refractivity contribution in [1.29, 1.82) is 0 Å². The molecular weight excluding hydrogens is 202 g/mol. The molecule has 1 aromatic rings. The van der Waals surface area contributed by atoms with E-state index in [0.717, 1.165) is 24.2 Å². The highest BCUT2D eigenvalue weighted by molar-refractivity contribution is 6.32. The lowest BCUT2D eigenvalue weighted by atomic mass is 10.1. The number of rotatable bonds is 1. The predicted octanol–water partition coefficient (Wildman–Crippen LogP) is 2.23. The van der Waals surface area contributed by atoms with E-state index >= 15 is 0 Å². The number of hydrogen-bond acceptors (Lipinski definition) is 3. The van der Waals surface area contributed by atoms with Crippen LogP contribution < -0.4 is 10.1 Å². The van der Waals surface area contributed by atoms with Gasteiger partial charge in [0.15, 0.2) is 0 Å². The summed E-state index contributed by atoms with van der Waals surface area (Å²) in [5.41, 5.74) is 2.18. The Morgan fingerprint density at radius 3 is 3.07 bits per heavy atom. The highest BCUT2D eigenvalue weighted by atomic mass is 35.5. The summed E-state index contributed by atoms with van der Waals surface area (Å²) in [6, 6.07) is 3.61. The predicted molar refractivity (Wildman–Crippen MR) is 55.0 cm³/mol. The van der Waals surface area contributed by atoms with Gasteiger partial charge in [0, 0.05) is 19.2 Å². The molecule has 1 aliphatic rings. The normalized spacial score (nSPS) is 13.3. The number of halogens is 1. The molecule has 0 aliphatic carbocycles. The molecule has 3 nitrogen and oxygen atoms in total. The number of anilines is 1. The zero-order chi connectivity index (χ0) is 10.1. The number of benzene rings is 1. The molecule has 1 aromatic carbocycles. The zero-order valence-electron chi connectivity index (χ0n) is 7.76. The van der Waals surface area contributed by atoms with Crippen LogP contribution in [0.15, 0.2) is 12.1 Å². The second-order valence-corrected chi connectivity index (χ2v) is 3.62. The lowest BCUT2D eigenvalue weighted by molar-refractivity contribution is -0.131. The van der Waals surface area contributed by atoms with Crippen LogP contribution in [-0.2, 0) is 11.2 Å². The summed E-state index contributed by atoms with van der Waals surface area (Å²) < 4.78 is 4.97. The van der Waals surface area contributed by atoms with E-state index in [2.05, 4.69) is 5.32 Å². The van der Waals surface area contributed by atoms with Gasteiger partial charge in [-0.2, -0.15) is 0 Å². The van der Waals surface area contributed by atoms with Gasteiger partial charge >= 0.3 is 5.97 Å². The highest BCUT2D eigenvalue weighted by Gasteiger charge is 2.14. The lowest BCUT2D eigenvalue weighted by Gasteiger charge is -2.06. The van der Waals surface area contributed by atoms with Crippen molar-refractivity contribution in [3.05, 3.63) is 22.7 Å². The zero-order valence-corrected chi connectivity index (χ0v) is 8.52. The molecule has 4 heteroatoms. The molecule has 2 rings (SSSR count). The van der Waals surface area contributed by atoms with Crippen molar-refractivity contribution in [3.8, 4) is 5.75 Å². The smallest absolute Gasteiger partial charge is 0.308 e. The van der Waals surface area contributed by atoms with E-state index in [0.29, 0.717) is 10.8 Å². The fourth-order valence-corrected chi connectivity index (χ4v) is 1.73. The number of carbonyl (C=O) groups excluding carboxylic acids is 1. The van der Waals surface area contributed by atoms with Crippen molar-refractivity contribution in [2.24, 2.45) is 0 Å². The molecule has 0 amide bonds. The number of hydrogen-bond donors (Lipinski definition) is 1. The fourth-order valence-electron chi connectivity index (χ4n) is 1.53. The maximum Gasteiger partial charge on any atom is 0.308 e. The quantitative estimate of drug-likeness (QED) is 0.572. The molecule has 74 valence electrons. The van der Waals surface area contributed by atoms with Crippen molar-refractivity contribution in [1.82, 2.24) is 0 Å². The van der Waals surface area contributed by atoms with Crippen LogP contribution in [0.3, 0.4) is 0 Å². The summed E-state index contributed by atoms with van der Waals surface area (Å²) in [6.45, 7) is 2.27. The summed E-state index contributed by atoms with van der Waals surface area (Å²) >= 11 is 5.93. The van der Waals surface area contributed by atoms with Crippen LogP contribution in [0.4, 0.5) is 5.69 Å². The van der Waals surface area contributed by atoms with Gasteiger partial charge in [0.05, 0.1) is 5.02 Å². The average molecular weight is 212 g/mol. The van der Waals surface area contributed by atoms with Gasteiger partial charge in [-0.3, -0.25) is 4.79 Å². The van der Waals surface area contributed by atoms with E-state index in [-0.39, 0.29) is 5.97 Å². The average Bonchev–Trinajstić information content (AvgIpc) is 2.51. The lowest BCUT2D eigenvalue weighted by Crippen LogP contribution is -2.02. The molecule has 1 heterocycles. The minimum Gasteiger partial charge on any atom is -0.425 e. The van der Waals surface area contributed by atoms with Gasteiger partial charge in [0.1, 0.15) is 5.75 Å². The number of nitrogens with one attached hydrogen (secondary N) is 1. The molecule has 0 saturated carbocycles. The first kappa shape index (κ1) is 9.34. The summed E-state index contributed by atoms with van der Waals surface area (Å²) in [5, 5.41) is 3.66. The first-order valence-electron chi connectivity index (χ1n) is 4.41. The van der Waals surface area contributed by atoms with Crippen LogP contribution in [0.2, 0.25) is 5.02 Å². The minimum atomic E-state index is -0.349. The first-order valence-corrected chi connectivity index (χ1v) is 4.79. The molecular formula is C10H10ClNO2. The molecule has 0 saturated heterocycles. The number of fused-ring (bicyclic) bond motifs is 1. The van der Waals surface area contributed by atoms with E-state index in [9.17, 15) is 4.79 Å². The van der Waals surface area contributed by atoms with Gasteiger partial charge in [0.25, 0.3) is 0 Å². The van der Waals surface area contributed by atoms with Crippen LogP contribution in [0, 0.1) is 0 Å². The maximum absolute atomic E-state index is 10.8. The van der Waals surface area contributed by atoms with Crippen LogP contribution in [0.25, 0.3) is 0 Å². The standard InChI is InChI=1S/C10H10ClNO2/c1-6(13)14-10-4-7-2-3-12-9(7)5-8(10)11/h4-5,12H,2-3H2,1H3. The second kappa shape index (κ2) is 3.50. The Bertz CT molecular complexity index is 390. The molecule has 0 fully saturated rings. The Labute approximate surface area is 87.0 Å². The Hall–Kier alpha value is -1.22. The third-order valence-electron chi connectivity index (χ3n) is 2.12. The molecule has 0 bridgehead atoms. The molecule has 14 heavy (non-hydrogen) atoms. The third kappa shape index (κ3) is 1.68. The molecule has 0 spiro atoms. The van der Waals surface area contributed by atoms with E-state index in [4.69, 9.17) is 16.3 Å². The van der Waals surface area contributed by atoms with E-state index < -0.39 is 0 Å². The Morgan fingerprint density at radius 1 is 1.57 bits per heavy atom.